The maximum Gasteiger partial charge on any atom is 0.261 e. The lowest BCUT2D eigenvalue weighted by Gasteiger charge is -2.34. The van der Waals surface area contributed by atoms with Gasteiger partial charge in [0.25, 0.3) is 5.91 Å². The van der Waals surface area contributed by atoms with Crippen molar-refractivity contribution in [1.82, 2.24) is 10.5 Å². The molecule has 35 heavy (non-hydrogen) atoms. The summed E-state index contributed by atoms with van der Waals surface area (Å²) in [5.41, 5.74) is 8.68. The van der Waals surface area contributed by atoms with Gasteiger partial charge in [-0.2, -0.15) is 0 Å². The van der Waals surface area contributed by atoms with Gasteiger partial charge in [0.1, 0.15) is 11.3 Å². The molecule has 0 bridgehead atoms. The van der Waals surface area contributed by atoms with Gasteiger partial charge in [0, 0.05) is 17.8 Å². The van der Waals surface area contributed by atoms with Crippen LogP contribution in [0.1, 0.15) is 98.0 Å². The van der Waals surface area contributed by atoms with Gasteiger partial charge in [-0.1, -0.05) is 17.3 Å². The van der Waals surface area contributed by atoms with Crippen molar-refractivity contribution in [2.24, 2.45) is 17.6 Å². The fourth-order valence-corrected chi connectivity index (χ4v) is 5.77. The number of hydrogen-bond donors (Lipinski definition) is 3. The second kappa shape index (κ2) is 11.4. The van der Waals surface area contributed by atoms with E-state index in [2.05, 4.69) is 15.8 Å². The summed E-state index contributed by atoms with van der Waals surface area (Å²) in [6.45, 7) is 5.40. The Balaban J connectivity index is 1.22. The standard InChI is InChI=1S/C28H40N4O3/c1-17(22-8-14-25(15-9-22)31-28(34)26-18(2)32-35-19(26)3)27(33)30-24-12-6-21(7-13-24)16-20-4-10-23(29)11-5-20/h8-9,14-15,17,20-21,23-24H,4-7,10-13,16,29H2,1-3H3,(H,30,33)(H,31,34). The molecule has 7 heteroatoms. The molecule has 0 spiro atoms. The highest BCUT2D eigenvalue weighted by Crippen LogP contribution is 2.35. The molecule has 0 saturated heterocycles. The number of carbonyl (C=O) groups is 2. The van der Waals surface area contributed by atoms with Crippen LogP contribution in [0.5, 0.6) is 0 Å². The Hall–Kier alpha value is -2.67. The van der Waals surface area contributed by atoms with E-state index >= 15 is 0 Å². The molecule has 2 aliphatic rings. The van der Waals surface area contributed by atoms with Crippen LogP contribution in [-0.4, -0.2) is 29.1 Å². The van der Waals surface area contributed by atoms with Crippen molar-refractivity contribution in [2.45, 2.75) is 96.6 Å². The maximum atomic E-state index is 12.9. The van der Waals surface area contributed by atoms with E-state index in [0.29, 0.717) is 28.7 Å². The van der Waals surface area contributed by atoms with Crippen molar-refractivity contribution in [2.75, 3.05) is 5.32 Å². The van der Waals surface area contributed by atoms with E-state index < -0.39 is 0 Å². The van der Waals surface area contributed by atoms with Crippen molar-refractivity contribution >= 4 is 17.5 Å². The third-order valence-electron chi connectivity index (χ3n) is 8.07. The van der Waals surface area contributed by atoms with Gasteiger partial charge in [-0.25, -0.2) is 0 Å². The van der Waals surface area contributed by atoms with Gasteiger partial charge in [0.2, 0.25) is 5.91 Å². The van der Waals surface area contributed by atoms with Crippen LogP contribution in [0.15, 0.2) is 28.8 Å². The molecule has 1 atom stereocenters. The van der Waals surface area contributed by atoms with Gasteiger partial charge in [-0.05, 0) is 108 Å². The number of amides is 2. The van der Waals surface area contributed by atoms with Gasteiger partial charge in [-0.15, -0.1) is 0 Å². The molecule has 2 fully saturated rings. The molecule has 2 aromatic rings. The Morgan fingerprint density at radius 3 is 2.17 bits per heavy atom. The summed E-state index contributed by atoms with van der Waals surface area (Å²) < 4.78 is 5.08. The van der Waals surface area contributed by atoms with Crippen molar-refractivity contribution in [3.05, 3.63) is 46.8 Å². The molecule has 2 amide bonds. The third kappa shape index (κ3) is 6.51. The second-order valence-corrected chi connectivity index (χ2v) is 10.7. The van der Waals surface area contributed by atoms with Crippen molar-refractivity contribution < 1.29 is 14.1 Å². The number of hydrogen-bond acceptors (Lipinski definition) is 5. The molecule has 0 aliphatic heterocycles. The van der Waals surface area contributed by atoms with E-state index in [1.807, 2.05) is 31.2 Å². The predicted octanol–water partition coefficient (Wildman–Crippen LogP) is 5.23. The van der Waals surface area contributed by atoms with Crippen LogP contribution in [0.25, 0.3) is 0 Å². The maximum absolute atomic E-state index is 12.9. The lowest BCUT2D eigenvalue weighted by Crippen LogP contribution is -2.40. The number of carbonyl (C=O) groups excluding carboxylic acids is 2. The number of anilines is 1. The quantitative estimate of drug-likeness (QED) is 0.503. The van der Waals surface area contributed by atoms with Gasteiger partial charge in [0.15, 0.2) is 0 Å². The highest BCUT2D eigenvalue weighted by molar-refractivity contribution is 6.05. The van der Waals surface area contributed by atoms with Crippen molar-refractivity contribution in [3.63, 3.8) is 0 Å². The van der Waals surface area contributed by atoms with E-state index in [1.165, 1.54) is 44.9 Å². The minimum Gasteiger partial charge on any atom is -0.361 e. The number of nitrogens with zero attached hydrogens (tertiary/aromatic N) is 1. The van der Waals surface area contributed by atoms with Gasteiger partial charge in [0.05, 0.1) is 11.6 Å². The first-order valence-electron chi connectivity index (χ1n) is 13.2. The molecular formula is C28H40N4O3. The Labute approximate surface area is 208 Å². The third-order valence-corrected chi connectivity index (χ3v) is 8.07. The van der Waals surface area contributed by atoms with E-state index in [0.717, 1.165) is 30.2 Å². The largest absolute Gasteiger partial charge is 0.361 e. The van der Waals surface area contributed by atoms with Crippen LogP contribution < -0.4 is 16.4 Å². The molecular weight excluding hydrogens is 440 g/mol. The summed E-state index contributed by atoms with van der Waals surface area (Å²) in [5, 5.41) is 9.99. The number of rotatable bonds is 7. The smallest absolute Gasteiger partial charge is 0.261 e. The Kier molecular flexibility index (Phi) is 8.26. The average molecular weight is 481 g/mol. The lowest BCUT2D eigenvalue weighted by molar-refractivity contribution is -0.123. The number of nitrogens with one attached hydrogen (secondary N) is 2. The van der Waals surface area contributed by atoms with Crippen LogP contribution in [0.2, 0.25) is 0 Å². The SMILES string of the molecule is Cc1noc(C)c1C(=O)Nc1ccc(C(C)C(=O)NC2CCC(CC3CCC(N)CC3)CC2)cc1. The highest BCUT2D eigenvalue weighted by Gasteiger charge is 2.28. The van der Waals surface area contributed by atoms with Crippen LogP contribution in [0.4, 0.5) is 5.69 Å². The van der Waals surface area contributed by atoms with Crippen LogP contribution in [0.3, 0.4) is 0 Å². The average Bonchev–Trinajstić information content (AvgIpc) is 3.19. The molecule has 0 radical (unpaired) electrons. The number of nitrogens with two attached hydrogens (primary N) is 1. The molecule has 7 nitrogen and oxygen atoms in total. The number of aromatic nitrogens is 1. The summed E-state index contributed by atoms with van der Waals surface area (Å²) in [5.74, 6) is 1.72. The number of aryl methyl sites for hydroxylation is 2. The molecule has 1 heterocycles. The Bertz CT molecular complexity index is 980. The van der Waals surface area contributed by atoms with Gasteiger partial charge in [-0.3, -0.25) is 9.59 Å². The molecule has 190 valence electrons. The second-order valence-electron chi connectivity index (χ2n) is 10.7. The minimum absolute atomic E-state index is 0.0715. The first-order valence-corrected chi connectivity index (χ1v) is 13.2. The lowest BCUT2D eigenvalue weighted by atomic mass is 9.76. The summed E-state index contributed by atoms with van der Waals surface area (Å²) in [7, 11) is 0. The van der Waals surface area contributed by atoms with Crippen LogP contribution in [-0.2, 0) is 4.79 Å². The number of benzene rings is 1. The summed E-state index contributed by atoms with van der Waals surface area (Å²) in [6, 6.07) is 8.16. The zero-order valence-electron chi connectivity index (χ0n) is 21.3. The predicted molar refractivity (Wildman–Crippen MR) is 137 cm³/mol. The van der Waals surface area contributed by atoms with Crippen LogP contribution >= 0.6 is 0 Å². The van der Waals surface area contributed by atoms with Crippen molar-refractivity contribution in [3.8, 4) is 0 Å². The van der Waals surface area contributed by atoms with E-state index in [4.69, 9.17) is 10.3 Å². The first-order chi connectivity index (χ1) is 16.8. The molecule has 2 saturated carbocycles. The first kappa shape index (κ1) is 25.4. The molecule has 1 unspecified atom stereocenters. The summed E-state index contributed by atoms with van der Waals surface area (Å²) in [4.78, 5) is 25.5. The molecule has 1 aromatic heterocycles. The summed E-state index contributed by atoms with van der Waals surface area (Å²) in [6.07, 6.45) is 10.8. The topological polar surface area (TPSA) is 110 Å². The minimum atomic E-state index is -0.248. The van der Waals surface area contributed by atoms with E-state index in [1.54, 1.807) is 13.8 Å². The Morgan fingerprint density at radius 1 is 1.00 bits per heavy atom. The van der Waals surface area contributed by atoms with Gasteiger partial charge < -0.3 is 20.9 Å². The van der Waals surface area contributed by atoms with Crippen LogP contribution in [0, 0.1) is 25.7 Å². The normalized spacial score (nSPS) is 25.6. The zero-order chi connectivity index (χ0) is 24.9. The highest BCUT2D eigenvalue weighted by atomic mass is 16.5. The fourth-order valence-electron chi connectivity index (χ4n) is 5.77. The fraction of sp³-hybridized carbons (Fsp3) is 0.607. The molecule has 4 rings (SSSR count). The van der Waals surface area contributed by atoms with E-state index in [-0.39, 0.29) is 23.8 Å². The summed E-state index contributed by atoms with van der Waals surface area (Å²) >= 11 is 0. The van der Waals surface area contributed by atoms with E-state index in [9.17, 15) is 9.59 Å². The zero-order valence-corrected chi connectivity index (χ0v) is 21.3. The van der Waals surface area contributed by atoms with Gasteiger partial charge >= 0.3 is 0 Å². The van der Waals surface area contributed by atoms with Crippen molar-refractivity contribution in [1.29, 1.82) is 0 Å². The molecule has 4 N–H and O–H groups in total. The Morgan fingerprint density at radius 2 is 1.60 bits per heavy atom. The molecule has 2 aliphatic carbocycles. The molecule has 1 aromatic carbocycles. The monoisotopic (exact) mass is 480 g/mol.